The van der Waals surface area contributed by atoms with E-state index in [1.165, 1.54) is 20.3 Å². The Hall–Kier alpha value is -2.77. The number of halogens is 1. The zero-order valence-corrected chi connectivity index (χ0v) is 17.1. The van der Waals surface area contributed by atoms with Crippen LogP contribution in [0.5, 0.6) is 11.5 Å². The summed E-state index contributed by atoms with van der Waals surface area (Å²) in [6, 6.07) is 11.5. The second-order valence-corrected chi connectivity index (χ2v) is 6.94. The number of carbonyl (C=O) groups excluding carboxylic acids is 1. The van der Waals surface area contributed by atoms with Gasteiger partial charge in [-0.2, -0.15) is 0 Å². The van der Waals surface area contributed by atoms with Crippen molar-refractivity contribution in [3.8, 4) is 11.5 Å². The second kappa shape index (κ2) is 8.08. The Kier molecular flexibility index (Phi) is 5.76. The molecule has 1 heterocycles. The van der Waals surface area contributed by atoms with Gasteiger partial charge < -0.3 is 19.9 Å². The van der Waals surface area contributed by atoms with Crippen molar-refractivity contribution in [2.45, 2.75) is 13.0 Å². The van der Waals surface area contributed by atoms with Gasteiger partial charge in [-0.3, -0.25) is 4.90 Å². The van der Waals surface area contributed by atoms with Gasteiger partial charge in [-0.05, 0) is 61.1 Å². The number of thiocarbonyl (C=S) groups is 1. The molecule has 1 atom stereocenters. The number of nitrogens with one attached hydrogen (secondary N) is 1. The molecule has 0 saturated heterocycles. The lowest BCUT2D eigenvalue weighted by Crippen LogP contribution is -2.48. The molecule has 6 nitrogen and oxygen atoms in total. The SMILES string of the molecule is COC(=O)C1=C(C)N(c2ccc(Cl)cc2)C(=S)N[C@H]1c1ccc(OC)c(O)c1. The highest BCUT2D eigenvalue weighted by atomic mass is 35.5. The maximum atomic E-state index is 12.6. The van der Waals surface area contributed by atoms with Crippen molar-refractivity contribution >= 4 is 40.6 Å². The van der Waals surface area contributed by atoms with E-state index < -0.39 is 12.0 Å². The summed E-state index contributed by atoms with van der Waals surface area (Å²) in [5.74, 6) is -0.188. The first-order valence-electron chi connectivity index (χ1n) is 8.39. The van der Waals surface area contributed by atoms with Gasteiger partial charge >= 0.3 is 5.97 Å². The van der Waals surface area contributed by atoms with Crippen molar-refractivity contribution in [1.82, 2.24) is 5.32 Å². The van der Waals surface area contributed by atoms with E-state index in [-0.39, 0.29) is 5.75 Å². The molecule has 2 aromatic carbocycles. The average Bonchev–Trinajstić information content (AvgIpc) is 2.68. The molecular formula is C20H19ClN2O4S. The van der Waals surface area contributed by atoms with E-state index in [1.807, 2.05) is 12.1 Å². The van der Waals surface area contributed by atoms with E-state index >= 15 is 0 Å². The Morgan fingerprint density at radius 2 is 1.89 bits per heavy atom. The van der Waals surface area contributed by atoms with Gasteiger partial charge in [0.15, 0.2) is 16.6 Å². The van der Waals surface area contributed by atoms with Crippen molar-refractivity contribution in [2.75, 3.05) is 19.1 Å². The van der Waals surface area contributed by atoms with Crippen molar-refractivity contribution in [3.05, 3.63) is 64.3 Å². The smallest absolute Gasteiger partial charge is 0.337 e. The van der Waals surface area contributed by atoms with Crippen molar-refractivity contribution in [1.29, 1.82) is 0 Å². The molecule has 2 N–H and O–H groups in total. The third kappa shape index (κ3) is 3.63. The maximum Gasteiger partial charge on any atom is 0.337 e. The highest BCUT2D eigenvalue weighted by molar-refractivity contribution is 7.80. The van der Waals surface area contributed by atoms with Gasteiger partial charge in [0.05, 0.1) is 25.8 Å². The van der Waals surface area contributed by atoms with Crippen LogP contribution in [0.1, 0.15) is 18.5 Å². The first-order valence-corrected chi connectivity index (χ1v) is 9.18. The predicted molar refractivity (Wildman–Crippen MR) is 112 cm³/mol. The van der Waals surface area contributed by atoms with Gasteiger partial charge in [0.25, 0.3) is 0 Å². The third-order valence-electron chi connectivity index (χ3n) is 4.51. The number of benzene rings is 2. The number of esters is 1. The number of allylic oxidation sites excluding steroid dienone is 1. The number of phenolic OH excluding ortho intramolecular Hbond substituents is 1. The Balaban J connectivity index is 2.12. The highest BCUT2D eigenvalue weighted by Gasteiger charge is 2.35. The van der Waals surface area contributed by atoms with Gasteiger partial charge in [-0.1, -0.05) is 17.7 Å². The Morgan fingerprint density at radius 1 is 1.21 bits per heavy atom. The lowest BCUT2D eigenvalue weighted by molar-refractivity contribution is -0.136. The van der Waals surface area contributed by atoms with Gasteiger partial charge in [0, 0.05) is 16.4 Å². The van der Waals surface area contributed by atoms with Gasteiger partial charge in [-0.15, -0.1) is 0 Å². The molecule has 3 rings (SSSR count). The summed E-state index contributed by atoms with van der Waals surface area (Å²) in [7, 11) is 2.79. The molecule has 0 bridgehead atoms. The fourth-order valence-corrected chi connectivity index (χ4v) is 3.64. The van der Waals surface area contributed by atoms with E-state index in [4.69, 9.17) is 33.3 Å². The van der Waals surface area contributed by atoms with E-state index in [1.54, 1.807) is 36.1 Å². The van der Waals surface area contributed by atoms with Gasteiger partial charge in [-0.25, -0.2) is 4.79 Å². The summed E-state index contributed by atoms with van der Waals surface area (Å²) in [5, 5.41) is 14.3. The minimum atomic E-state index is -0.583. The number of aromatic hydroxyl groups is 1. The predicted octanol–water partition coefficient (Wildman–Crippen LogP) is 3.94. The molecule has 146 valence electrons. The molecule has 28 heavy (non-hydrogen) atoms. The summed E-state index contributed by atoms with van der Waals surface area (Å²) >= 11 is 11.5. The molecule has 0 amide bonds. The van der Waals surface area contributed by atoms with Crippen LogP contribution in [0, 0.1) is 0 Å². The molecule has 0 saturated carbocycles. The molecule has 0 aliphatic carbocycles. The van der Waals surface area contributed by atoms with Crippen LogP contribution in [0.25, 0.3) is 0 Å². The standard InChI is InChI=1S/C20H19ClN2O4S/c1-11-17(19(25)27-3)18(12-4-9-16(26-2)15(24)10-12)22-20(28)23(11)14-7-5-13(21)6-8-14/h4-10,18,24H,1-3H3,(H,22,28)/t18-/m0/s1. The highest BCUT2D eigenvalue weighted by Crippen LogP contribution is 2.37. The van der Waals surface area contributed by atoms with Crippen LogP contribution < -0.4 is 15.0 Å². The Morgan fingerprint density at radius 3 is 2.46 bits per heavy atom. The van der Waals surface area contributed by atoms with Crippen LogP contribution in [0.4, 0.5) is 5.69 Å². The molecule has 0 aromatic heterocycles. The maximum absolute atomic E-state index is 12.6. The first-order chi connectivity index (χ1) is 13.4. The molecule has 0 unspecified atom stereocenters. The van der Waals surface area contributed by atoms with Crippen molar-refractivity contribution in [3.63, 3.8) is 0 Å². The van der Waals surface area contributed by atoms with Crippen LogP contribution >= 0.6 is 23.8 Å². The summed E-state index contributed by atoms with van der Waals surface area (Å²) in [6.45, 7) is 1.80. The molecule has 1 aliphatic heterocycles. The quantitative estimate of drug-likeness (QED) is 0.575. The lowest BCUT2D eigenvalue weighted by Gasteiger charge is -2.37. The topological polar surface area (TPSA) is 71.0 Å². The van der Waals surface area contributed by atoms with Crippen LogP contribution in [0.3, 0.4) is 0 Å². The fourth-order valence-electron chi connectivity index (χ4n) is 3.16. The number of anilines is 1. The molecule has 2 aromatic rings. The second-order valence-electron chi connectivity index (χ2n) is 6.12. The Bertz CT molecular complexity index is 959. The first kappa shape index (κ1) is 20.0. The van der Waals surface area contributed by atoms with E-state index in [9.17, 15) is 9.90 Å². The number of methoxy groups -OCH3 is 2. The minimum Gasteiger partial charge on any atom is -0.504 e. The minimum absolute atomic E-state index is 0.0327. The largest absolute Gasteiger partial charge is 0.504 e. The van der Waals surface area contributed by atoms with Gasteiger partial charge in [0.2, 0.25) is 0 Å². The molecule has 8 heteroatoms. The number of carbonyl (C=O) groups is 1. The van der Waals surface area contributed by atoms with Crippen LogP contribution in [0.15, 0.2) is 53.7 Å². The summed E-state index contributed by atoms with van der Waals surface area (Å²) < 4.78 is 10.1. The van der Waals surface area contributed by atoms with Crippen LogP contribution in [-0.2, 0) is 9.53 Å². The molecule has 0 radical (unpaired) electrons. The zero-order valence-electron chi connectivity index (χ0n) is 15.5. The summed E-state index contributed by atoms with van der Waals surface area (Å²) in [4.78, 5) is 14.4. The number of hydrogen-bond donors (Lipinski definition) is 2. The normalized spacial score (nSPS) is 16.6. The molecule has 0 fully saturated rings. The molecule has 1 aliphatic rings. The van der Waals surface area contributed by atoms with E-state index in [2.05, 4.69) is 5.32 Å². The van der Waals surface area contributed by atoms with Crippen LogP contribution in [-0.4, -0.2) is 30.4 Å². The zero-order chi connectivity index (χ0) is 20.4. The number of ether oxygens (including phenoxy) is 2. The summed E-state index contributed by atoms with van der Waals surface area (Å²) in [6.07, 6.45) is 0. The van der Waals surface area contributed by atoms with Crippen molar-refractivity contribution < 1.29 is 19.4 Å². The van der Waals surface area contributed by atoms with Gasteiger partial charge in [0.1, 0.15) is 0 Å². The fraction of sp³-hybridized carbons (Fsp3) is 0.200. The number of rotatable bonds is 4. The molecular weight excluding hydrogens is 400 g/mol. The number of phenols is 1. The third-order valence-corrected chi connectivity index (χ3v) is 5.06. The molecule has 0 spiro atoms. The number of nitrogens with zero attached hydrogens (tertiary/aromatic N) is 1. The van der Waals surface area contributed by atoms with Crippen LogP contribution in [0.2, 0.25) is 5.02 Å². The summed E-state index contributed by atoms with van der Waals surface area (Å²) in [5.41, 5.74) is 2.42. The lowest BCUT2D eigenvalue weighted by atomic mass is 9.94. The average molecular weight is 419 g/mol. The number of hydrogen-bond acceptors (Lipinski definition) is 5. The van der Waals surface area contributed by atoms with E-state index in [0.717, 1.165) is 5.69 Å². The Labute approximate surface area is 173 Å². The monoisotopic (exact) mass is 418 g/mol. The van der Waals surface area contributed by atoms with E-state index in [0.29, 0.717) is 32.7 Å². The van der Waals surface area contributed by atoms with Crippen molar-refractivity contribution in [2.24, 2.45) is 0 Å².